The van der Waals surface area contributed by atoms with Gasteiger partial charge in [-0.05, 0) is 24.3 Å². The summed E-state index contributed by atoms with van der Waals surface area (Å²) in [4.78, 5) is 0. The molecule has 1 aliphatic carbocycles. The highest BCUT2D eigenvalue weighted by molar-refractivity contribution is 5.03. The summed E-state index contributed by atoms with van der Waals surface area (Å²) < 4.78 is 2.03. The maximum Gasteiger partial charge on any atom is 0.0860 e. The van der Waals surface area contributed by atoms with E-state index >= 15 is 0 Å². The summed E-state index contributed by atoms with van der Waals surface area (Å²) in [6.07, 6.45) is 5.90. The van der Waals surface area contributed by atoms with Crippen LogP contribution in [0.1, 0.15) is 58.2 Å². The van der Waals surface area contributed by atoms with Crippen LogP contribution in [0.3, 0.4) is 0 Å². The number of nitrogens with zero attached hydrogens (tertiary/aromatic N) is 2. The van der Waals surface area contributed by atoms with Crippen molar-refractivity contribution in [2.75, 3.05) is 0 Å². The van der Waals surface area contributed by atoms with Gasteiger partial charge in [0.1, 0.15) is 0 Å². The molecule has 1 heterocycles. The van der Waals surface area contributed by atoms with Crippen molar-refractivity contribution in [3.8, 4) is 0 Å². The van der Waals surface area contributed by atoms with Crippen molar-refractivity contribution in [2.24, 2.45) is 5.41 Å². The van der Waals surface area contributed by atoms with E-state index in [9.17, 15) is 10.2 Å². The lowest BCUT2D eigenvalue weighted by Gasteiger charge is -2.29. The SMILES string of the molecule is CC(C)(C)C(O)C(O)Cc1ccn(C2CCCC2)n1. The molecule has 2 atom stereocenters. The summed E-state index contributed by atoms with van der Waals surface area (Å²) in [7, 11) is 0. The summed E-state index contributed by atoms with van der Waals surface area (Å²) in [6.45, 7) is 5.79. The van der Waals surface area contributed by atoms with Crippen LogP contribution in [0.5, 0.6) is 0 Å². The molecule has 19 heavy (non-hydrogen) atoms. The van der Waals surface area contributed by atoms with Gasteiger partial charge in [0.2, 0.25) is 0 Å². The molecule has 0 amide bonds. The van der Waals surface area contributed by atoms with E-state index in [1.165, 1.54) is 25.7 Å². The molecule has 108 valence electrons. The highest BCUT2D eigenvalue weighted by Crippen LogP contribution is 2.29. The van der Waals surface area contributed by atoms with E-state index in [2.05, 4.69) is 5.10 Å². The van der Waals surface area contributed by atoms with Crippen LogP contribution in [0, 0.1) is 5.41 Å². The Balaban J connectivity index is 1.96. The maximum atomic E-state index is 10.1. The topological polar surface area (TPSA) is 58.3 Å². The molecule has 1 aliphatic rings. The Morgan fingerprint density at radius 2 is 1.95 bits per heavy atom. The zero-order valence-corrected chi connectivity index (χ0v) is 12.2. The van der Waals surface area contributed by atoms with E-state index in [4.69, 9.17) is 0 Å². The third-order valence-electron chi connectivity index (χ3n) is 4.03. The summed E-state index contributed by atoms with van der Waals surface area (Å²) in [6, 6.07) is 2.48. The minimum Gasteiger partial charge on any atom is -0.390 e. The number of rotatable bonds is 4. The van der Waals surface area contributed by atoms with Crippen molar-refractivity contribution in [1.82, 2.24) is 9.78 Å². The first kappa shape index (κ1) is 14.5. The fraction of sp³-hybridized carbons (Fsp3) is 0.800. The highest BCUT2D eigenvalue weighted by atomic mass is 16.3. The number of hydrogen-bond acceptors (Lipinski definition) is 3. The number of aliphatic hydroxyl groups excluding tert-OH is 2. The Labute approximate surface area is 115 Å². The van der Waals surface area contributed by atoms with Gasteiger partial charge >= 0.3 is 0 Å². The number of aliphatic hydroxyl groups is 2. The molecule has 2 N–H and O–H groups in total. The molecule has 0 aliphatic heterocycles. The molecule has 1 aromatic rings. The third-order valence-corrected chi connectivity index (χ3v) is 4.03. The number of hydrogen-bond donors (Lipinski definition) is 2. The fourth-order valence-electron chi connectivity index (χ4n) is 2.76. The predicted molar refractivity (Wildman–Crippen MR) is 74.9 cm³/mol. The Hall–Kier alpha value is -0.870. The molecule has 0 spiro atoms. The molecular formula is C15H26N2O2. The molecule has 1 saturated carbocycles. The van der Waals surface area contributed by atoms with Crippen molar-refractivity contribution in [3.05, 3.63) is 18.0 Å². The Morgan fingerprint density at radius 3 is 2.53 bits per heavy atom. The lowest BCUT2D eigenvalue weighted by Crippen LogP contribution is -2.39. The summed E-state index contributed by atoms with van der Waals surface area (Å²) >= 11 is 0. The molecule has 0 bridgehead atoms. The van der Waals surface area contributed by atoms with Gasteiger partial charge in [-0.2, -0.15) is 5.10 Å². The first-order chi connectivity index (χ1) is 8.88. The van der Waals surface area contributed by atoms with Gasteiger partial charge in [0, 0.05) is 12.6 Å². The Kier molecular flexibility index (Phi) is 4.31. The smallest absolute Gasteiger partial charge is 0.0860 e. The molecule has 4 nitrogen and oxygen atoms in total. The third kappa shape index (κ3) is 3.57. The fourth-order valence-corrected chi connectivity index (χ4v) is 2.76. The van der Waals surface area contributed by atoms with Gasteiger partial charge in [-0.15, -0.1) is 0 Å². The van der Waals surface area contributed by atoms with Crippen LogP contribution < -0.4 is 0 Å². The van der Waals surface area contributed by atoms with Crippen LogP contribution in [0.25, 0.3) is 0 Å². The van der Waals surface area contributed by atoms with Gasteiger partial charge in [-0.3, -0.25) is 4.68 Å². The van der Waals surface area contributed by atoms with Crippen molar-refractivity contribution >= 4 is 0 Å². The van der Waals surface area contributed by atoms with Crippen LogP contribution in [-0.2, 0) is 6.42 Å². The van der Waals surface area contributed by atoms with Crippen molar-refractivity contribution in [3.63, 3.8) is 0 Å². The monoisotopic (exact) mass is 266 g/mol. The van der Waals surface area contributed by atoms with Gasteiger partial charge in [0.25, 0.3) is 0 Å². The van der Waals surface area contributed by atoms with Crippen LogP contribution in [-0.4, -0.2) is 32.2 Å². The quantitative estimate of drug-likeness (QED) is 0.879. The van der Waals surface area contributed by atoms with Crippen LogP contribution in [0.15, 0.2) is 12.3 Å². The van der Waals surface area contributed by atoms with Gasteiger partial charge in [0.15, 0.2) is 0 Å². The summed E-state index contributed by atoms with van der Waals surface area (Å²) in [5.41, 5.74) is 0.552. The van der Waals surface area contributed by atoms with E-state index in [1.807, 2.05) is 37.7 Å². The molecule has 1 aromatic heterocycles. The standard InChI is InChI=1S/C15H26N2O2/c1-15(2,3)14(19)13(18)10-11-8-9-17(16-11)12-6-4-5-7-12/h8-9,12-14,18-19H,4-7,10H2,1-3H3. The number of aromatic nitrogens is 2. The Morgan fingerprint density at radius 1 is 1.32 bits per heavy atom. The van der Waals surface area contributed by atoms with Crippen LogP contribution in [0.2, 0.25) is 0 Å². The zero-order chi connectivity index (χ0) is 14.0. The molecule has 2 unspecified atom stereocenters. The van der Waals surface area contributed by atoms with Crippen molar-refractivity contribution in [1.29, 1.82) is 0 Å². The van der Waals surface area contributed by atoms with E-state index in [-0.39, 0.29) is 5.41 Å². The normalized spacial score (nSPS) is 20.7. The highest BCUT2D eigenvalue weighted by Gasteiger charge is 2.29. The lowest BCUT2D eigenvalue weighted by atomic mass is 9.84. The molecule has 0 saturated heterocycles. The van der Waals surface area contributed by atoms with Crippen molar-refractivity contribution < 1.29 is 10.2 Å². The van der Waals surface area contributed by atoms with Gasteiger partial charge in [-0.1, -0.05) is 33.6 Å². The second-order valence-corrected chi connectivity index (χ2v) is 6.81. The van der Waals surface area contributed by atoms with E-state index in [0.717, 1.165) is 5.69 Å². The van der Waals surface area contributed by atoms with E-state index in [0.29, 0.717) is 12.5 Å². The van der Waals surface area contributed by atoms with Gasteiger partial charge < -0.3 is 10.2 Å². The second kappa shape index (κ2) is 5.63. The minimum absolute atomic E-state index is 0.312. The predicted octanol–water partition coefficient (Wildman–Crippen LogP) is 2.31. The molecule has 0 aromatic carbocycles. The largest absolute Gasteiger partial charge is 0.390 e. The molecule has 4 heteroatoms. The Bertz CT molecular complexity index is 403. The maximum absolute atomic E-state index is 10.1. The first-order valence-electron chi connectivity index (χ1n) is 7.28. The lowest BCUT2D eigenvalue weighted by molar-refractivity contribution is -0.0438. The average molecular weight is 266 g/mol. The summed E-state index contributed by atoms with van der Waals surface area (Å²) in [5.74, 6) is 0. The van der Waals surface area contributed by atoms with Gasteiger partial charge in [0.05, 0.1) is 23.9 Å². The van der Waals surface area contributed by atoms with E-state index in [1.54, 1.807) is 0 Å². The average Bonchev–Trinajstić information content (AvgIpc) is 2.95. The second-order valence-electron chi connectivity index (χ2n) is 6.81. The van der Waals surface area contributed by atoms with E-state index < -0.39 is 12.2 Å². The molecular weight excluding hydrogens is 240 g/mol. The van der Waals surface area contributed by atoms with Crippen LogP contribution in [0.4, 0.5) is 0 Å². The van der Waals surface area contributed by atoms with Crippen LogP contribution >= 0.6 is 0 Å². The molecule has 1 fully saturated rings. The minimum atomic E-state index is -0.757. The first-order valence-corrected chi connectivity index (χ1v) is 7.28. The molecule has 2 rings (SSSR count). The molecule has 0 radical (unpaired) electrons. The zero-order valence-electron chi connectivity index (χ0n) is 12.2. The van der Waals surface area contributed by atoms with Crippen molar-refractivity contribution in [2.45, 2.75) is 71.1 Å². The van der Waals surface area contributed by atoms with Gasteiger partial charge in [-0.25, -0.2) is 0 Å². The summed E-state index contributed by atoms with van der Waals surface area (Å²) in [5, 5.41) is 24.7.